The molecule has 2 saturated heterocycles. The maximum absolute atomic E-state index is 12.1. The minimum absolute atomic E-state index is 0.0272. The Balaban J connectivity index is 1.81. The van der Waals surface area contributed by atoms with Gasteiger partial charge >= 0.3 is 0 Å². The zero-order valence-corrected chi connectivity index (χ0v) is 12.9. The lowest BCUT2D eigenvalue weighted by molar-refractivity contribution is -0.123. The summed E-state index contributed by atoms with van der Waals surface area (Å²) in [5, 5.41) is 6.40. The Kier molecular flexibility index (Phi) is 6.26. The molecule has 20 heavy (non-hydrogen) atoms. The van der Waals surface area contributed by atoms with E-state index >= 15 is 0 Å². The van der Waals surface area contributed by atoms with Crippen molar-refractivity contribution < 1.29 is 9.53 Å². The first-order valence-corrected chi connectivity index (χ1v) is 7.99. The summed E-state index contributed by atoms with van der Waals surface area (Å²) in [5.74, 6) is 0.814. The van der Waals surface area contributed by atoms with E-state index in [4.69, 9.17) is 4.74 Å². The Bertz CT molecular complexity index is 297. The highest BCUT2D eigenvalue weighted by atomic mass is 16.5. The van der Waals surface area contributed by atoms with Gasteiger partial charge in [-0.3, -0.25) is 9.69 Å². The number of hydrogen-bond donors (Lipinski definition) is 2. The molecule has 2 aliphatic rings. The molecule has 1 unspecified atom stereocenters. The maximum Gasteiger partial charge on any atom is 0.237 e. The van der Waals surface area contributed by atoms with Crippen LogP contribution in [0.3, 0.4) is 0 Å². The predicted molar refractivity (Wildman–Crippen MR) is 79.7 cm³/mol. The van der Waals surface area contributed by atoms with Gasteiger partial charge in [-0.1, -0.05) is 13.8 Å². The third-order valence-electron chi connectivity index (χ3n) is 4.19. The summed E-state index contributed by atoms with van der Waals surface area (Å²) in [4.78, 5) is 14.6. The van der Waals surface area contributed by atoms with Gasteiger partial charge in [0.05, 0.1) is 19.3 Å². The molecule has 2 atom stereocenters. The van der Waals surface area contributed by atoms with Crippen molar-refractivity contribution in [1.82, 2.24) is 15.5 Å². The molecule has 0 aliphatic carbocycles. The van der Waals surface area contributed by atoms with Crippen LogP contribution in [-0.4, -0.2) is 62.3 Å². The van der Waals surface area contributed by atoms with Crippen molar-refractivity contribution >= 4 is 5.91 Å². The molecule has 0 aromatic carbocycles. The lowest BCUT2D eigenvalue weighted by Crippen LogP contribution is -2.51. The average Bonchev–Trinajstić information content (AvgIpc) is 2.98. The van der Waals surface area contributed by atoms with Crippen molar-refractivity contribution in [2.75, 3.05) is 39.4 Å². The molecule has 0 bridgehead atoms. The fraction of sp³-hybridized carbons (Fsp3) is 0.933. The van der Waals surface area contributed by atoms with Gasteiger partial charge in [0.25, 0.3) is 0 Å². The number of nitrogens with zero attached hydrogens (tertiary/aromatic N) is 1. The van der Waals surface area contributed by atoms with E-state index in [2.05, 4.69) is 29.4 Å². The molecule has 2 rings (SSSR count). The zero-order valence-electron chi connectivity index (χ0n) is 12.9. The van der Waals surface area contributed by atoms with Gasteiger partial charge in [-0.05, 0) is 31.7 Å². The normalized spacial score (nSPS) is 25.9. The van der Waals surface area contributed by atoms with Crippen molar-refractivity contribution in [3.63, 3.8) is 0 Å². The summed E-state index contributed by atoms with van der Waals surface area (Å²) < 4.78 is 5.42. The summed E-state index contributed by atoms with van der Waals surface area (Å²) in [5.41, 5.74) is 0. The van der Waals surface area contributed by atoms with Crippen LogP contribution in [0, 0.1) is 5.92 Å². The van der Waals surface area contributed by atoms with Crippen LogP contribution in [0.2, 0.25) is 0 Å². The Hall–Kier alpha value is -0.650. The van der Waals surface area contributed by atoms with Gasteiger partial charge in [-0.15, -0.1) is 0 Å². The number of hydrogen-bond acceptors (Lipinski definition) is 4. The molecule has 0 aromatic rings. The topological polar surface area (TPSA) is 53.6 Å². The van der Waals surface area contributed by atoms with Crippen molar-refractivity contribution in [3.8, 4) is 0 Å². The number of rotatable bonds is 6. The number of morpholine rings is 1. The zero-order chi connectivity index (χ0) is 14.4. The lowest BCUT2D eigenvalue weighted by atomic mass is 10.0. The standard InChI is InChI=1S/C15H29N3O2/c1-12(2)10-13(18-6-8-20-9-7-18)11-17-15(19)14-4-3-5-16-14/h12-14,16H,3-11H2,1-2H3,(H,17,19)/t13?,14-/m1/s1. The highest BCUT2D eigenvalue weighted by Gasteiger charge is 2.25. The number of amides is 1. The highest BCUT2D eigenvalue weighted by Crippen LogP contribution is 2.13. The minimum Gasteiger partial charge on any atom is -0.379 e. The average molecular weight is 283 g/mol. The summed E-state index contributed by atoms with van der Waals surface area (Å²) in [6.07, 6.45) is 3.20. The third-order valence-corrected chi connectivity index (χ3v) is 4.19. The van der Waals surface area contributed by atoms with E-state index in [1.54, 1.807) is 0 Å². The fourth-order valence-electron chi connectivity index (χ4n) is 3.10. The van der Waals surface area contributed by atoms with Gasteiger partial charge in [0.15, 0.2) is 0 Å². The summed E-state index contributed by atoms with van der Waals surface area (Å²) in [6.45, 7) is 9.80. The van der Waals surface area contributed by atoms with E-state index in [1.807, 2.05) is 0 Å². The van der Waals surface area contributed by atoms with E-state index < -0.39 is 0 Å². The molecule has 0 saturated carbocycles. The van der Waals surface area contributed by atoms with Crippen molar-refractivity contribution in [3.05, 3.63) is 0 Å². The number of carbonyl (C=O) groups is 1. The molecule has 2 heterocycles. The quantitative estimate of drug-likeness (QED) is 0.749. The van der Waals surface area contributed by atoms with Crippen LogP contribution in [-0.2, 0) is 9.53 Å². The van der Waals surface area contributed by atoms with Gasteiger partial charge in [0.2, 0.25) is 5.91 Å². The molecular formula is C15H29N3O2. The third kappa shape index (κ3) is 4.72. The van der Waals surface area contributed by atoms with Crippen LogP contribution in [0.1, 0.15) is 33.1 Å². The van der Waals surface area contributed by atoms with Crippen molar-refractivity contribution in [2.24, 2.45) is 5.92 Å². The first kappa shape index (κ1) is 15.7. The first-order chi connectivity index (χ1) is 9.66. The van der Waals surface area contributed by atoms with E-state index in [-0.39, 0.29) is 11.9 Å². The molecule has 0 radical (unpaired) electrons. The van der Waals surface area contributed by atoms with E-state index in [1.165, 1.54) is 0 Å². The molecule has 5 nitrogen and oxygen atoms in total. The second kappa shape index (κ2) is 7.96. The molecule has 116 valence electrons. The molecular weight excluding hydrogens is 254 g/mol. The van der Waals surface area contributed by atoms with Crippen LogP contribution in [0.25, 0.3) is 0 Å². The van der Waals surface area contributed by atoms with E-state index in [0.717, 1.165) is 58.7 Å². The Labute approximate surface area is 122 Å². The van der Waals surface area contributed by atoms with Crippen molar-refractivity contribution in [2.45, 2.75) is 45.2 Å². The minimum atomic E-state index is 0.0272. The van der Waals surface area contributed by atoms with Crippen LogP contribution < -0.4 is 10.6 Å². The largest absolute Gasteiger partial charge is 0.379 e. The number of ether oxygens (including phenoxy) is 1. The van der Waals surface area contributed by atoms with Gasteiger partial charge in [0.1, 0.15) is 0 Å². The van der Waals surface area contributed by atoms with Crippen LogP contribution >= 0.6 is 0 Å². The predicted octanol–water partition coefficient (Wildman–Crippen LogP) is 0.602. The molecule has 0 aromatic heterocycles. The molecule has 2 aliphatic heterocycles. The van der Waals surface area contributed by atoms with Gasteiger partial charge in [-0.2, -0.15) is 0 Å². The Morgan fingerprint density at radius 2 is 2.15 bits per heavy atom. The Morgan fingerprint density at radius 1 is 1.40 bits per heavy atom. The number of nitrogens with one attached hydrogen (secondary N) is 2. The van der Waals surface area contributed by atoms with E-state index in [0.29, 0.717) is 12.0 Å². The molecule has 2 fully saturated rings. The first-order valence-electron chi connectivity index (χ1n) is 7.99. The summed E-state index contributed by atoms with van der Waals surface area (Å²) in [6, 6.07) is 0.462. The van der Waals surface area contributed by atoms with Crippen LogP contribution in [0.15, 0.2) is 0 Å². The summed E-state index contributed by atoms with van der Waals surface area (Å²) in [7, 11) is 0. The second-order valence-corrected chi connectivity index (χ2v) is 6.33. The lowest BCUT2D eigenvalue weighted by Gasteiger charge is -2.35. The van der Waals surface area contributed by atoms with Crippen molar-refractivity contribution in [1.29, 1.82) is 0 Å². The molecule has 5 heteroatoms. The van der Waals surface area contributed by atoms with Gasteiger partial charge in [0, 0.05) is 25.7 Å². The Morgan fingerprint density at radius 3 is 2.75 bits per heavy atom. The fourth-order valence-corrected chi connectivity index (χ4v) is 3.10. The molecule has 2 N–H and O–H groups in total. The maximum atomic E-state index is 12.1. The smallest absolute Gasteiger partial charge is 0.237 e. The molecule has 0 spiro atoms. The van der Waals surface area contributed by atoms with Crippen LogP contribution in [0.4, 0.5) is 0 Å². The monoisotopic (exact) mass is 283 g/mol. The van der Waals surface area contributed by atoms with Gasteiger partial charge in [-0.25, -0.2) is 0 Å². The molecule has 1 amide bonds. The number of carbonyl (C=O) groups excluding carboxylic acids is 1. The van der Waals surface area contributed by atoms with Gasteiger partial charge < -0.3 is 15.4 Å². The highest BCUT2D eigenvalue weighted by molar-refractivity contribution is 5.82. The second-order valence-electron chi connectivity index (χ2n) is 6.33. The van der Waals surface area contributed by atoms with E-state index in [9.17, 15) is 4.79 Å². The summed E-state index contributed by atoms with van der Waals surface area (Å²) >= 11 is 0. The SMILES string of the molecule is CC(C)CC(CNC(=O)[C@H]1CCCN1)N1CCOCC1. The van der Waals surface area contributed by atoms with Crippen LogP contribution in [0.5, 0.6) is 0 Å².